The summed E-state index contributed by atoms with van der Waals surface area (Å²) in [7, 11) is 0. The monoisotopic (exact) mass is 472 g/mol. The number of hydrogen-bond acceptors (Lipinski definition) is 5. The third-order valence-corrected chi connectivity index (χ3v) is 5.97. The first-order chi connectivity index (χ1) is 17.1. The molecule has 35 heavy (non-hydrogen) atoms. The van der Waals surface area contributed by atoms with Crippen LogP contribution in [-0.2, 0) is 43.6 Å². The lowest BCUT2D eigenvalue weighted by Crippen LogP contribution is -2.57. The molecule has 3 aromatic carbocycles. The van der Waals surface area contributed by atoms with Crippen molar-refractivity contribution in [3.8, 4) is 0 Å². The van der Waals surface area contributed by atoms with Crippen molar-refractivity contribution in [3.63, 3.8) is 0 Å². The van der Waals surface area contributed by atoms with Crippen molar-refractivity contribution in [1.29, 1.82) is 0 Å². The molecule has 1 aliphatic carbocycles. The van der Waals surface area contributed by atoms with Gasteiger partial charge in [0.25, 0.3) is 0 Å². The summed E-state index contributed by atoms with van der Waals surface area (Å²) in [4.78, 5) is 12.3. The predicted molar refractivity (Wildman–Crippen MR) is 134 cm³/mol. The summed E-state index contributed by atoms with van der Waals surface area (Å²) in [6.07, 6.45) is 3.51. The standard InChI is InChI=1S/C30H32O5/c1-24(31)35-30(23-32-20-25-12-5-2-6-13-25)19-11-18-28(33-21-26-14-7-3-8-15-26)29(30)34-22-27-16-9-4-10-17-27/h2-18,28-29H,19-23H2,1H3/t28-,29+,30+/m1/s1. The van der Waals surface area contributed by atoms with Crippen molar-refractivity contribution in [2.45, 2.75) is 51.0 Å². The van der Waals surface area contributed by atoms with E-state index in [1.54, 1.807) is 0 Å². The zero-order valence-electron chi connectivity index (χ0n) is 20.0. The molecule has 0 fully saturated rings. The van der Waals surface area contributed by atoms with Crippen molar-refractivity contribution in [2.75, 3.05) is 6.61 Å². The molecule has 1 aliphatic rings. The minimum atomic E-state index is -1.01. The van der Waals surface area contributed by atoms with Gasteiger partial charge in [-0.05, 0) is 16.7 Å². The van der Waals surface area contributed by atoms with Crippen LogP contribution >= 0.6 is 0 Å². The maximum atomic E-state index is 12.3. The molecule has 0 aliphatic heterocycles. The highest BCUT2D eigenvalue weighted by Crippen LogP contribution is 2.34. The first kappa shape index (κ1) is 24.9. The molecule has 3 atom stereocenters. The van der Waals surface area contributed by atoms with Crippen LogP contribution in [0, 0.1) is 0 Å². The van der Waals surface area contributed by atoms with Gasteiger partial charge in [0, 0.05) is 13.3 Å². The van der Waals surface area contributed by atoms with E-state index in [9.17, 15) is 4.79 Å². The lowest BCUT2D eigenvalue weighted by Gasteiger charge is -2.43. The van der Waals surface area contributed by atoms with Gasteiger partial charge >= 0.3 is 5.97 Å². The van der Waals surface area contributed by atoms with Crippen molar-refractivity contribution < 1.29 is 23.7 Å². The van der Waals surface area contributed by atoms with Crippen molar-refractivity contribution in [3.05, 3.63) is 120 Å². The SMILES string of the molecule is CC(=O)O[C@]1(COCc2ccccc2)CC=C[C@@H](OCc2ccccc2)[C@@H]1OCc1ccccc1. The van der Waals surface area contributed by atoms with Gasteiger partial charge in [-0.25, -0.2) is 0 Å². The molecule has 0 unspecified atom stereocenters. The van der Waals surface area contributed by atoms with Gasteiger partial charge in [-0.15, -0.1) is 0 Å². The van der Waals surface area contributed by atoms with E-state index in [1.807, 2.05) is 103 Å². The molecule has 0 radical (unpaired) electrons. The van der Waals surface area contributed by atoms with Crippen molar-refractivity contribution >= 4 is 5.97 Å². The number of rotatable bonds is 11. The quantitative estimate of drug-likeness (QED) is 0.267. The number of hydrogen-bond donors (Lipinski definition) is 0. The second-order valence-corrected chi connectivity index (χ2v) is 8.75. The molecule has 4 rings (SSSR count). The number of esters is 1. The van der Waals surface area contributed by atoms with E-state index in [0.29, 0.717) is 26.2 Å². The van der Waals surface area contributed by atoms with Crippen LogP contribution in [0.3, 0.4) is 0 Å². The van der Waals surface area contributed by atoms with Crippen LogP contribution in [0.15, 0.2) is 103 Å². The minimum absolute atomic E-state index is 0.191. The molecule has 0 N–H and O–H groups in total. The Bertz CT molecular complexity index is 1070. The van der Waals surface area contributed by atoms with E-state index in [2.05, 4.69) is 0 Å². The van der Waals surface area contributed by atoms with E-state index < -0.39 is 17.8 Å². The number of ether oxygens (including phenoxy) is 4. The molecule has 0 spiro atoms. The van der Waals surface area contributed by atoms with E-state index >= 15 is 0 Å². The molecular formula is C30H32O5. The van der Waals surface area contributed by atoms with Crippen LogP contribution in [0.2, 0.25) is 0 Å². The number of carbonyl (C=O) groups is 1. The fourth-order valence-corrected chi connectivity index (χ4v) is 4.31. The second-order valence-electron chi connectivity index (χ2n) is 8.75. The van der Waals surface area contributed by atoms with E-state index in [-0.39, 0.29) is 12.6 Å². The highest BCUT2D eigenvalue weighted by molar-refractivity contribution is 5.66. The Morgan fingerprint density at radius 1 is 0.771 bits per heavy atom. The summed E-state index contributed by atoms with van der Waals surface area (Å²) in [5.41, 5.74) is 2.14. The van der Waals surface area contributed by atoms with Crippen LogP contribution < -0.4 is 0 Å². The van der Waals surface area contributed by atoms with Gasteiger partial charge in [-0.3, -0.25) is 4.79 Å². The van der Waals surface area contributed by atoms with Gasteiger partial charge in [0.15, 0.2) is 5.60 Å². The summed E-state index contributed by atoms with van der Waals surface area (Å²) in [6.45, 7) is 2.81. The molecule has 5 heteroatoms. The molecule has 0 amide bonds. The smallest absolute Gasteiger partial charge is 0.303 e. The molecule has 0 heterocycles. The van der Waals surface area contributed by atoms with Gasteiger partial charge in [0.1, 0.15) is 12.2 Å². The fourth-order valence-electron chi connectivity index (χ4n) is 4.31. The lowest BCUT2D eigenvalue weighted by atomic mass is 9.84. The molecule has 0 bridgehead atoms. The fraction of sp³-hybridized carbons (Fsp3) is 0.300. The summed E-state index contributed by atoms with van der Waals surface area (Å²) in [5.74, 6) is -0.376. The average molecular weight is 473 g/mol. The maximum Gasteiger partial charge on any atom is 0.303 e. The van der Waals surface area contributed by atoms with Crippen LogP contribution in [0.4, 0.5) is 0 Å². The molecule has 0 aromatic heterocycles. The Morgan fingerprint density at radius 3 is 1.83 bits per heavy atom. The Kier molecular flexibility index (Phi) is 8.85. The van der Waals surface area contributed by atoms with E-state index in [4.69, 9.17) is 18.9 Å². The van der Waals surface area contributed by atoms with Crippen molar-refractivity contribution in [1.82, 2.24) is 0 Å². The first-order valence-electron chi connectivity index (χ1n) is 11.9. The summed E-state index contributed by atoms with van der Waals surface area (Å²) >= 11 is 0. The Morgan fingerprint density at radius 2 is 1.29 bits per heavy atom. The molecular weight excluding hydrogens is 440 g/mol. The maximum absolute atomic E-state index is 12.3. The third kappa shape index (κ3) is 7.12. The van der Waals surface area contributed by atoms with Crippen LogP contribution in [0.1, 0.15) is 30.0 Å². The zero-order valence-corrected chi connectivity index (χ0v) is 20.0. The van der Waals surface area contributed by atoms with E-state index in [1.165, 1.54) is 6.92 Å². The molecule has 5 nitrogen and oxygen atoms in total. The summed E-state index contributed by atoms with van der Waals surface area (Å²) in [6, 6.07) is 29.9. The Labute approximate surface area is 207 Å². The molecule has 182 valence electrons. The van der Waals surface area contributed by atoms with Crippen LogP contribution in [0.25, 0.3) is 0 Å². The minimum Gasteiger partial charge on any atom is -0.454 e. The average Bonchev–Trinajstić information content (AvgIpc) is 2.88. The first-order valence-corrected chi connectivity index (χ1v) is 11.9. The molecule has 0 saturated carbocycles. The van der Waals surface area contributed by atoms with Gasteiger partial charge in [0.05, 0.1) is 26.4 Å². The lowest BCUT2D eigenvalue weighted by molar-refractivity contribution is -0.214. The van der Waals surface area contributed by atoms with E-state index in [0.717, 1.165) is 16.7 Å². The van der Waals surface area contributed by atoms with Gasteiger partial charge in [-0.2, -0.15) is 0 Å². The Hall–Kier alpha value is -3.25. The number of benzene rings is 3. The second kappa shape index (κ2) is 12.5. The Balaban J connectivity index is 1.55. The van der Waals surface area contributed by atoms with Crippen LogP contribution in [0.5, 0.6) is 0 Å². The predicted octanol–water partition coefficient (Wildman–Crippen LogP) is 5.64. The third-order valence-electron chi connectivity index (χ3n) is 5.97. The summed E-state index contributed by atoms with van der Waals surface area (Å²) < 4.78 is 24.9. The molecule has 3 aromatic rings. The van der Waals surface area contributed by atoms with Crippen molar-refractivity contribution in [2.24, 2.45) is 0 Å². The summed E-state index contributed by atoms with van der Waals surface area (Å²) in [5, 5.41) is 0. The molecule has 0 saturated heterocycles. The highest BCUT2D eigenvalue weighted by atomic mass is 16.6. The van der Waals surface area contributed by atoms with Gasteiger partial charge in [0.2, 0.25) is 0 Å². The highest BCUT2D eigenvalue weighted by Gasteiger charge is 2.49. The number of carbonyl (C=O) groups excluding carboxylic acids is 1. The zero-order chi connectivity index (χ0) is 24.3. The van der Waals surface area contributed by atoms with Gasteiger partial charge in [-0.1, -0.05) is 103 Å². The largest absolute Gasteiger partial charge is 0.454 e. The van der Waals surface area contributed by atoms with Gasteiger partial charge < -0.3 is 18.9 Å². The topological polar surface area (TPSA) is 54.0 Å². The normalized spacial score (nSPS) is 21.5. The van der Waals surface area contributed by atoms with Crippen LogP contribution in [-0.4, -0.2) is 30.4 Å².